The predicted molar refractivity (Wildman–Crippen MR) is 93.5 cm³/mol. The van der Waals surface area contributed by atoms with Gasteiger partial charge in [0.25, 0.3) is 5.91 Å². The van der Waals surface area contributed by atoms with Crippen molar-refractivity contribution in [3.63, 3.8) is 0 Å². The van der Waals surface area contributed by atoms with Crippen LogP contribution >= 0.6 is 0 Å². The van der Waals surface area contributed by atoms with Gasteiger partial charge in [0.05, 0.1) is 23.5 Å². The van der Waals surface area contributed by atoms with Crippen molar-refractivity contribution in [1.82, 2.24) is 0 Å². The third kappa shape index (κ3) is 3.97. The molecule has 0 saturated carbocycles. The second-order valence-electron chi connectivity index (χ2n) is 5.03. The fraction of sp³-hybridized carbons (Fsp3) is 0. The van der Waals surface area contributed by atoms with Crippen molar-refractivity contribution >= 4 is 29.4 Å². The lowest BCUT2D eigenvalue weighted by Crippen LogP contribution is -2.11. The topological polar surface area (TPSA) is 97.7 Å². The van der Waals surface area contributed by atoms with E-state index in [1.54, 1.807) is 36.4 Å². The number of hydrogen-bond acceptors (Lipinski definition) is 5. The van der Waals surface area contributed by atoms with Crippen molar-refractivity contribution < 1.29 is 14.1 Å². The summed E-state index contributed by atoms with van der Waals surface area (Å²) in [7, 11) is 0. The van der Waals surface area contributed by atoms with Gasteiger partial charge in [0.1, 0.15) is 4.92 Å². The van der Waals surface area contributed by atoms with Gasteiger partial charge in [0.2, 0.25) is 0 Å². The van der Waals surface area contributed by atoms with Crippen molar-refractivity contribution in [1.29, 1.82) is 0 Å². The molecule has 3 rings (SSSR count). The number of nitrogens with zero attached hydrogens (tertiary/aromatic N) is 2. The fourth-order valence-electron chi connectivity index (χ4n) is 2.14. The number of carbonyl (C=O) groups is 1. The molecular weight excluding hydrogens is 322 g/mol. The van der Waals surface area contributed by atoms with Crippen LogP contribution in [0.1, 0.15) is 16.1 Å². The molecule has 1 amide bonds. The van der Waals surface area contributed by atoms with Crippen molar-refractivity contribution in [2.45, 2.75) is 0 Å². The highest BCUT2D eigenvalue weighted by molar-refractivity contribution is 6.08. The maximum atomic E-state index is 12.4. The van der Waals surface area contributed by atoms with E-state index in [1.165, 1.54) is 18.3 Å². The summed E-state index contributed by atoms with van der Waals surface area (Å²) in [6.07, 6.45) is 1.33. The molecule has 0 fully saturated rings. The average Bonchev–Trinajstić information content (AvgIpc) is 3.10. The molecule has 1 N–H and O–H groups in total. The maximum Gasteiger partial charge on any atom is 0.433 e. The molecule has 0 spiro atoms. The van der Waals surface area contributed by atoms with Crippen molar-refractivity contribution in [2.24, 2.45) is 4.99 Å². The van der Waals surface area contributed by atoms with Crippen LogP contribution in [0.25, 0.3) is 0 Å². The second-order valence-corrected chi connectivity index (χ2v) is 5.03. The first-order valence-electron chi connectivity index (χ1n) is 7.37. The average molecular weight is 335 g/mol. The normalized spacial score (nSPS) is 10.7. The number of nitro groups is 1. The molecule has 7 nitrogen and oxygen atoms in total. The minimum absolute atomic E-state index is 0.227. The Morgan fingerprint density at radius 1 is 1.04 bits per heavy atom. The molecule has 0 saturated heterocycles. The summed E-state index contributed by atoms with van der Waals surface area (Å²) < 4.78 is 5.01. The van der Waals surface area contributed by atoms with E-state index in [1.807, 2.05) is 18.2 Å². The lowest BCUT2D eigenvalue weighted by atomic mass is 10.1. The van der Waals surface area contributed by atoms with Gasteiger partial charge in [0.15, 0.2) is 5.76 Å². The summed E-state index contributed by atoms with van der Waals surface area (Å²) in [5.74, 6) is -0.439. The lowest BCUT2D eigenvalue weighted by Gasteiger charge is -2.07. The van der Waals surface area contributed by atoms with Crippen LogP contribution < -0.4 is 5.32 Å². The number of carbonyl (C=O) groups excluding carboxylic acids is 1. The van der Waals surface area contributed by atoms with Crippen LogP contribution in [-0.4, -0.2) is 17.0 Å². The van der Waals surface area contributed by atoms with E-state index in [-0.39, 0.29) is 17.6 Å². The SMILES string of the molecule is O=C(Nc1ccccc1)c1ccccc1N=Cc1ccc([N+](=O)[O-])o1. The number of para-hydroxylation sites is 2. The number of furan rings is 1. The second kappa shape index (κ2) is 7.22. The Labute approximate surface area is 142 Å². The van der Waals surface area contributed by atoms with Gasteiger partial charge in [-0.15, -0.1) is 0 Å². The molecule has 0 unspecified atom stereocenters. The van der Waals surface area contributed by atoms with Gasteiger partial charge in [-0.05, 0) is 30.3 Å². The van der Waals surface area contributed by atoms with Crippen molar-refractivity contribution in [3.05, 3.63) is 88.2 Å². The first-order chi connectivity index (χ1) is 12.1. The van der Waals surface area contributed by atoms with Crippen molar-refractivity contribution in [3.8, 4) is 0 Å². The van der Waals surface area contributed by atoms with E-state index < -0.39 is 4.92 Å². The molecule has 124 valence electrons. The summed E-state index contributed by atoms with van der Waals surface area (Å²) in [5, 5.41) is 13.4. The molecule has 25 heavy (non-hydrogen) atoms. The van der Waals surface area contributed by atoms with Crippen LogP contribution in [0, 0.1) is 10.1 Å². The zero-order valence-electron chi connectivity index (χ0n) is 13.0. The predicted octanol–water partition coefficient (Wildman–Crippen LogP) is 4.19. The number of hydrogen-bond donors (Lipinski definition) is 1. The standard InChI is InChI=1S/C18H13N3O4/c22-18(20-13-6-2-1-3-7-13)15-8-4-5-9-16(15)19-12-14-10-11-17(25-14)21(23)24/h1-12H,(H,20,22). The van der Waals surface area contributed by atoms with Crippen LogP contribution in [0.4, 0.5) is 17.3 Å². The first-order valence-corrected chi connectivity index (χ1v) is 7.37. The van der Waals surface area contributed by atoms with E-state index in [9.17, 15) is 14.9 Å². The van der Waals surface area contributed by atoms with Crippen LogP contribution in [-0.2, 0) is 0 Å². The number of anilines is 1. The van der Waals surface area contributed by atoms with Gasteiger partial charge < -0.3 is 9.73 Å². The van der Waals surface area contributed by atoms with E-state index in [4.69, 9.17) is 4.42 Å². The Hall–Kier alpha value is -3.74. The summed E-state index contributed by atoms with van der Waals surface area (Å²) >= 11 is 0. The number of aliphatic imine (C=N–C) groups is 1. The smallest absolute Gasteiger partial charge is 0.400 e. The molecule has 0 aliphatic carbocycles. The Morgan fingerprint density at radius 3 is 2.48 bits per heavy atom. The third-order valence-corrected chi connectivity index (χ3v) is 3.30. The molecular formula is C18H13N3O4. The Kier molecular flexibility index (Phi) is 4.66. The molecule has 1 aromatic heterocycles. The molecule has 0 radical (unpaired) electrons. The van der Waals surface area contributed by atoms with E-state index in [0.717, 1.165) is 0 Å². The zero-order chi connectivity index (χ0) is 17.6. The number of nitrogens with one attached hydrogen (secondary N) is 1. The van der Waals surface area contributed by atoms with E-state index in [0.29, 0.717) is 16.9 Å². The fourth-order valence-corrected chi connectivity index (χ4v) is 2.14. The minimum atomic E-state index is -0.626. The van der Waals surface area contributed by atoms with Gasteiger partial charge in [-0.25, -0.2) is 0 Å². The summed E-state index contributed by atoms with van der Waals surface area (Å²) in [4.78, 5) is 26.6. The Morgan fingerprint density at radius 2 is 1.76 bits per heavy atom. The van der Waals surface area contributed by atoms with Gasteiger partial charge in [-0.3, -0.25) is 19.9 Å². The number of rotatable bonds is 5. The summed E-state index contributed by atoms with van der Waals surface area (Å²) in [6.45, 7) is 0. The lowest BCUT2D eigenvalue weighted by molar-refractivity contribution is -0.402. The van der Waals surface area contributed by atoms with Crippen LogP contribution in [0.3, 0.4) is 0 Å². The van der Waals surface area contributed by atoms with Gasteiger partial charge in [0, 0.05) is 5.69 Å². The third-order valence-electron chi connectivity index (χ3n) is 3.30. The molecule has 3 aromatic rings. The summed E-state index contributed by atoms with van der Waals surface area (Å²) in [6, 6.07) is 18.6. The number of amides is 1. The zero-order valence-corrected chi connectivity index (χ0v) is 13.0. The Balaban J connectivity index is 1.81. The van der Waals surface area contributed by atoms with Gasteiger partial charge in [-0.1, -0.05) is 30.3 Å². The van der Waals surface area contributed by atoms with Crippen LogP contribution in [0.15, 0.2) is 76.1 Å². The molecule has 2 aromatic carbocycles. The monoisotopic (exact) mass is 335 g/mol. The van der Waals surface area contributed by atoms with Crippen molar-refractivity contribution in [2.75, 3.05) is 5.32 Å². The highest BCUT2D eigenvalue weighted by Crippen LogP contribution is 2.21. The molecule has 0 aliphatic rings. The van der Waals surface area contributed by atoms with E-state index in [2.05, 4.69) is 10.3 Å². The quantitative estimate of drug-likeness (QED) is 0.429. The molecule has 0 aliphatic heterocycles. The highest BCUT2D eigenvalue weighted by atomic mass is 16.6. The highest BCUT2D eigenvalue weighted by Gasteiger charge is 2.12. The Bertz CT molecular complexity index is 932. The minimum Gasteiger partial charge on any atom is -0.400 e. The van der Waals surface area contributed by atoms with Crippen LogP contribution in [0.5, 0.6) is 0 Å². The summed E-state index contributed by atoms with van der Waals surface area (Å²) in [5.41, 5.74) is 1.48. The molecule has 1 heterocycles. The number of benzene rings is 2. The maximum absolute atomic E-state index is 12.4. The molecule has 0 atom stereocenters. The molecule has 7 heteroatoms. The molecule has 0 bridgehead atoms. The largest absolute Gasteiger partial charge is 0.433 e. The van der Waals surface area contributed by atoms with Gasteiger partial charge in [-0.2, -0.15) is 0 Å². The van der Waals surface area contributed by atoms with Crippen LogP contribution in [0.2, 0.25) is 0 Å². The first kappa shape index (κ1) is 16.1. The van der Waals surface area contributed by atoms with E-state index >= 15 is 0 Å². The van der Waals surface area contributed by atoms with Gasteiger partial charge >= 0.3 is 5.88 Å².